The maximum atomic E-state index is 12.1. The van der Waals surface area contributed by atoms with Crippen molar-refractivity contribution in [3.05, 3.63) is 11.8 Å². The van der Waals surface area contributed by atoms with Crippen molar-refractivity contribution in [2.75, 3.05) is 6.54 Å². The van der Waals surface area contributed by atoms with E-state index in [0.29, 0.717) is 19.4 Å². The molecule has 0 radical (unpaired) electrons. The second-order valence-corrected chi connectivity index (χ2v) is 4.78. The van der Waals surface area contributed by atoms with E-state index in [1.54, 1.807) is 0 Å². The molecule has 0 atom stereocenters. The van der Waals surface area contributed by atoms with Crippen LogP contribution in [-0.4, -0.2) is 22.3 Å². The van der Waals surface area contributed by atoms with Crippen molar-refractivity contribution in [2.24, 2.45) is 0 Å². The lowest BCUT2D eigenvalue weighted by Gasteiger charge is -2.19. The van der Waals surface area contributed by atoms with Crippen LogP contribution in [0, 0.1) is 0 Å². The molecule has 1 aromatic rings. The van der Waals surface area contributed by atoms with Gasteiger partial charge in [0.1, 0.15) is 0 Å². The topological polar surface area (TPSA) is 51.0 Å². The summed E-state index contributed by atoms with van der Waals surface area (Å²) in [6.45, 7) is 6.73. The zero-order valence-electron chi connectivity index (χ0n) is 10.1. The van der Waals surface area contributed by atoms with Gasteiger partial charge in [-0.25, -0.2) is 0 Å². The van der Waals surface area contributed by atoms with E-state index in [-0.39, 0.29) is 11.4 Å². The molecule has 1 aromatic heterocycles. The summed E-state index contributed by atoms with van der Waals surface area (Å²) in [6.07, 6.45) is -3.57. The minimum absolute atomic E-state index is 0.00796. The Hall–Kier alpha value is -1.11. The van der Waals surface area contributed by atoms with E-state index in [1.807, 2.05) is 20.8 Å². The normalized spacial score (nSPS) is 13.1. The molecule has 0 fully saturated rings. The Morgan fingerprint density at radius 2 is 1.82 bits per heavy atom. The van der Waals surface area contributed by atoms with Crippen LogP contribution in [0.4, 0.5) is 13.2 Å². The lowest BCUT2D eigenvalue weighted by atomic mass is 10.1. The lowest BCUT2D eigenvalue weighted by molar-refractivity contribution is -0.157. The fraction of sp³-hybridized carbons (Fsp3) is 0.800. The van der Waals surface area contributed by atoms with Gasteiger partial charge in [0.05, 0.1) is 0 Å². The number of hydrogen-bond donors (Lipinski definition) is 1. The third-order valence-corrected chi connectivity index (χ3v) is 1.93. The highest BCUT2D eigenvalue weighted by Crippen LogP contribution is 2.27. The molecule has 0 spiro atoms. The van der Waals surface area contributed by atoms with Gasteiger partial charge in [-0.1, -0.05) is 0 Å². The SMILES string of the molecule is CC(C)(C)NCCCc1nnc(C(F)(F)F)o1. The number of nitrogens with zero attached hydrogens (tertiary/aromatic N) is 2. The fourth-order valence-electron chi connectivity index (χ4n) is 1.17. The lowest BCUT2D eigenvalue weighted by Crippen LogP contribution is -2.36. The summed E-state index contributed by atoms with van der Waals surface area (Å²) in [7, 11) is 0. The van der Waals surface area contributed by atoms with Gasteiger partial charge in [0.2, 0.25) is 5.89 Å². The van der Waals surface area contributed by atoms with Crippen molar-refractivity contribution in [3.8, 4) is 0 Å². The van der Waals surface area contributed by atoms with E-state index < -0.39 is 12.1 Å². The summed E-state index contributed by atoms with van der Waals surface area (Å²) in [5.74, 6) is -1.26. The molecule has 0 aromatic carbocycles. The first kappa shape index (κ1) is 14.0. The first-order chi connectivity index (χ1) is 7.68. The number of halogens is 3. The molecule has 0 saturated heterocycles. The van der Waals surface area contributed by atoms with Gasteiger partial charge in [-0.15, -0.1) is 10.2 Å². The highest BCUT2D eigenvalue weighted by molar-refractivity contribution is 4.86. The predicted octanol–water partition coefficient (Wildman–Crippen LogP) is 2.41. The number of alkyl halides is 3. The van der Waals surface area contributed by atoms with E-state index in [0.717, 1.165) is 0 Å². The summed E-state index contributed by atoms with van der Waals surface area (Å²) >= 11 is 0. The average molecular weight is 251 g/mol. The molecule has 0 amide bonds. The van der Waals surface area contributed by atoms with Crippen LogP contribution in [0.15, 0.2) is 4.42 Å². The van der Waals surface area contributed by atoms with Crippen molar-refractivity contribution < 1.29 is 17.6 Å². The van der Waals surface area contributed by atoms with Gasteiger partial charge in [-0.3, -0.25) is 0 Å². The molecule has 1 heterocycles. The number of aromatic nitrogens is 2. The Balaban J connectivity index is 2.36. The fourth-order valence-corrected chi connectivity index (χ4v) is 1.17. The maximum absolute atomic E-state index is 12.1. The molecule has 0 aliphatic carbocycles. The quantitative estimate of drug-likeness (QED) is 0.835. The van der Waals surface area contributed by atoms with Crippen molar-refractivity contribution in [1.82, 2.24) is 15.5 Å². The second kappa shape index (κ2) is 5.03. The first-order valence-corrected chi connectivity index (χ1v) is 5.33. The third kappa shape index (κ3) is 5.16. The molecule has 0 saturated carbocycles. The van der Waals surface area contributed by atoms with Crippen molar-refractivity contribution in [1.29, 1.82) is 0 Å². The standard InChI is InChI=1S/C10H16F3N3O/c1-9(2,3)14-6-4-5-7-15-16-8(17-7)10(11,12)13/h14H,4-6H2,1-3H3. The van der Waals surface area contributed by atoms with E-state index in [1.165, 1.54) is 0 Å². The van der Waals surface area contributed by atoms with Crippen molar-refractivity contribution in [2.45, 2.75) is 45.3 Å². The number of hydrogen-bond acceptors (Lipinski definition) is 4. The van der Waals surface area contributed by atoms with Crippen LogP contribution >= 0.6 is 0 Å². The monoisotopic (exact) mass is 251 g/mol. The van der Waals surface area contributed by atoms with E-state index >= 15 is 0 Å². The second-order valence-electron chi connectivity index (χ2n) is 4.78. The Kier molecular flexibility index (Phi) is 4.13. The summed E-state index contributed by atoms with van der Waals surface area (Å²) in [6, 6.07) is 0. The molecule has 1 rings (SSSR count). The molecule has 0 aliphatic rings. The molecular weight excluding hydrogens is 235 g/mol. The Labute approximate surface area is 97.6 Å². The molecule has 0 unspecified atom stereocenters. The van der Waals surface area contributed by atoms with Crippen LogP contribution in [0.5, 0.6) is 0 Å². The van der Waals surface area contributed by atoms with Gasteiger partial charge in [0.15, 0.2) is 0 Å². The van der Waals surface area contributed by atoms with Crippen LogP contribution in [0.2, 0.25) is 0 Å². The maximum Gasteiger partial charge on any atom is 0.470 e. The van der Waals surface area contributed by atoms with E-state index in [2.05, 4.69) is 19.9 Å². The molecule has 17 heavy (non-hydrogen) atoms. The molecule has 4 nitrogen and oxygen atoms in total. The van der Waals surface area contributed by atoms with Crippen LogP contribution in [0.1, 0.15) is 39.0 Å². The smallest absolute Gasteiger partial charge is 0.417 e. The van der Waals surface area contributed by atoms with Crippen molar-refractivity contribution in [3.63, 3.8) is 0 Å². The van der Waals surface area contributed by atoms with Gasteiger partial charge in [-0.05, 0) is 33.7 Å². The Morgan fingerprint density at radius 3 is 2.29 bits per heavy atom. The number of rotatable bonds is 4. The summed E-state index contributed by atoms with van der Waals surface area (Å²) < 4.78 is 40.9. The van der Waals surface area contributed by atoms with Gasteiger partial charge in [0, 0.05) is 12.0 Å². The zero-order chi connectivity index (χ0) is 13.1. The Morgan fingerprint density at radius 1 is 1.18 bits per heavy atom. The minimum Gasteiger partial charge on any atom is -0.417 e. The van der Waals surface area contributed by atoms with E-state index in [9.17, 15) is 13.2 Å². The summed E-state index contributed by atoms with van der Waals surface area (Å²) in [5, 5.41) is 9.52. The van der Waals surface area contributed by atoms with Crippen LogP contribution in [0.3, 0.4) is 0 Å². The predicted molar refractivity (Wildman–Crippen MR) is 55.4 cm³/mol. The highest BCUT2D eigenvalue weighted by Gasteiger charge is 2.37. The molecule has 7 heteroatoms. The summed E-state index contributed by atoms with van der Waals surface area (Å²) in [4.78, 5) is 0. The molecule has 1 N–H and O–H groups in total. The van der Waals surface area contributed by atoms with Crippen LogP contribution in [-0.2, 0) is 12.6 Å². The summed E-state index contributed by atoms with van der Waals surface area (Å²) in [5.41, 5.74) is -0.00796. The number of aryl methyl sites for hydroxylation is 1. The minimum atomic E-state index is -4.56. The van der Waals surface area contributed by atoms with Gasteiger partial charge in [0.25, 0.3) is 0 Å². The van der Waals surface area contributed by atoms with Gasteiger partial charge in [-0.2, -0.15) is 13.2 Å². The van der Waals surface area contributed by atoms with Crippen molar-refractivity contribution >= 4 is 0 Å². The average Bonchev–Trinajstić information content (AvgIpc) is 2.58. The zero-order valence-corrected chi connectivity index (χ0v) is 10.1. The Bertz CT molecular complexity index is 354. The highest BCUT2D eigenvalue weighted by atomic mass is 19.4. The van der Waals surface area contributed by atoms with Crippen LogP contribution < -0.4 is 5.32 Å². The van der Waals surface area contributed by atoms with Crippen LogP contribution in [0.25, 0.3) is 0 Å². The van der Waals surface area contributed by atoms with E-state index in [4.69, 9.17) is 0 Å². The van der Waals surface area contributed by atoms with Gasteiger partial charge < -0.3 is 9.73 Å². The van der Waals surface area contributed by atoms with Gasteiger partial charge >= 0.3 is 12.1 Å². The third-order valence-electron chi connectivity index (χ3n) is 1.93. The molecule has 0 bridgehead atoms. The number of nitrogens with one attached hydrogen (secondary N) is 1. The molecule has 98 valence electrons. The largest absolute Gasteiger partial charge is 0.470 e. The first-order valence-electron chi connectivity index (χ1n) is 5.33. The molecular formula is C10H16F3N3O. The molecule has 0 aliphatic heterocycles.